The highest BCUT2D eigenvalue weighted by Crippen LogP contribution is 2.24. The van der Waals surface area contributed by atoms with E-state index in [-0.39, 0.29) is 6.73 Å². The molecule has 0 aliphatic rings. The Morgan fingerprint density at radius 3 is 1.78 bits per heavy atom. The summed E-state index contributed by atoms with van der Waals surface area (Å²) in [5.41, 5.74) is 1.91. The predicted molar refractivity (Wildman–Crippen MR) is 77.8 cm³/mol. The zero-order valence-electron chi connectivity index (χ0n) is 9.78. The van der Waals surface area contributed by atoms with Gasteiger partial charge in [-0.05, 0) is 36.5 Å². The van der Waals surface area contributed by atoms with Gasteiger partial charge in [0.1, 0.15) is 6.73 Å². The average Bonchev–Trinajstić information content (AvgIpc) is 2.42. The van der Waals surface area contributed by atoms with Crippen LogP contribution in [-0.2, 0) is 0 Å². The van der Waals surface area contributed by atoms with Gasteiger partial charge in [-0.15, -0.1) is 0 Å². The SMILES string of the molecule is OCNC(=S)N(c1ccccc1)c1ccccc1. The maximum atomic E-state index is 8.95. The second-order valence-electron chi connectivity index (χ2n) is 3.65. The predicted octanol–water partition coefficient (Wildman–Crippen LogP) is 2.65. The molecule has 0 saturated heterocycles. The lowest BCUT2D eigenvalue weighted by atomic mass is 10.2. The van der Waals surface area contributed by atoms with E-state index < -0.39 is 0 Å². The van der Waals surface area contributed by atoms with Crippen LogP contribution in [0.4, 0.5) is 11.4 Å². The van der Waals surface area contributed by atoms with Gasteiger partial charge in [0.05, 0.1) is 0 Å². The van der Waals surface area contributed by atoms with E-state index in [1.165, 1.54) is 0 Å². The number of aliphatic hydroxyl groups excluding tert-OH is 1. The topological polar surface area (TPSA) is 35.5 Å². The molecular formula is C14H14N2OS. The molecule has 92 valence electrons. The van der Waals surface area contributed by atoms with Crippen molar-refractivity contribution in [2.24, 2.45) is 0 Å². The molecule has 0 aliphatic heterocycles. The van der Waals surface area contributed by atoms with Crippen molar-refractivity contribution in [1.82, 2.24) is 5.32 Å². The average molecular weight is 258 g/mol. The fraction of sp³-hybridized carbons (Fsp3) is 0.0714. The zero-order chi connectivity index (χ0) is 12.8. The van der Waals surface area contributed by atoms with E-state index in [1.807, 2.05) is 65.6 Å². The second kappa shape index (κ2) is 6.14. The number of aliphatic hydroxyl groups is 1. The molecule has 2 aromatic rings. The highest BCUT2D eigenvalue weighted by Gasteiger charge is 2.13. The van der Waals surface area contributed by atoms with E-state index >= 15 is 0 Å². The first-order chi connectivity index (χ1) is 8.83. The summed E-state index contributed by atoms with van der Waals surface area (Å²) in [7, 11) is 0. The summed E-state index contributed by atoms with van der Waals surface area (Å²) < 4.78 is 0. The Balaban J connectivity index is 2.38. The number of hydrogen-bond acceptors (Lipinski definition) is 2. The molecule has 2 N–H and O–H groups in total. The van der Waals surface area contributed by atoms with Crippen molar-refractivity contribution in [2.45, 2.75) is 0 Å². The van der Waals surface area contributed by atoms with E-state index in [0.29, 0.717) is 5.11 Å². The van der Waals surface area contributed by atoms with Crippen LogP contribution in [0.25, 0.3) is 0 Å². The maximum absolute atomic E-state index is 8.95. The smallest absolute Gasteiger partial charge is 0.179 e. The highest BCUT2D eigenvalue weighted by molar-refractivity contribution is 7.80. The molecular weight excluding hydrogens is 244 g/mol. The Hall–Kier alpha value is -1.91. The number of rotatable bonds is 3. The number of anilines is 2. The van der Waals surface area contributed by atoms with Gasteiger partial charge in [0.15, 0.2) is 5.11 Å². The molecule has 0 spiro atoms. The summed E-state index contributed by atoms with van der Waals surface area (Å²) >= 11 is 5.29. The second-order valence-corrected chi connectivity index (χ2v) is 4.03. The standard InChI is InChI=1S/C14H14N2OS/c17-11-15-14(18)16(12-7-3-1-4-8-12)13-9-5-2-6-10-13/h1-10,17H,11H2,(H,15,18). The highest BCUT2D eigenvalue weighted by atomic mass is 32.1. The number of para-hydroxylation sites is 2. The van der Waals surface area contributed by atoms with Crippen LogP contribution in [-0.4, -0.2) is 16.9 Å². The van der Waals surface area contributed by atoms with Crippen LogP contribution in [0.1, 0.15) is 0 Å². The molecule has 0 atom stereocenters. The van der Waals surface area contributed by atoms with Crippen molar-refractivity contribution in [2.75, 3.05) is 11.6 Å². The monoisotopic (exact) mass is 258 g/mol. The van der Waals surface area contributed by atoms with E-state index in [9.17, 15) is 0 Å². The van der Waals surface area contributed by atoms with Gasteiger partial charge in [-0.2, -0.15) is 0 Å². The van der Waals surface area contributed by atoms with Crippen molar-refractivity contribution in [1.29, 1.82) is 0 Å². The van der Waals surface area contributed by atoms with Crippen LogP contribution in [0, 0.1) is 0 Å². The number of hydrogen-bond donors (Lipinski definition) is 2. The number of nitrogens with zero attached hydrogens (tertiary/aromatic N) is 1. The molecule has 0 bridgehead atoms. The Morgan fingerprint density at radius 2 is 1.39 bits per heavy atom. The van der Waals surface area contributed by atoms with Gasteiger partial charge in [0.25, 0.3) is 0 Å². The molecule has 0 aliphatic carbocycles. The molecule has 18 heavy (non-hydrogen) atoms. The van der Waals surface area contributed by atoms with Crippen LogP contribution >= 0.6 is 12.2 Å². The minimum absolute atomic E-state index is 0.186. The number of nitrogens with one attached hydrogen (secondary N) is 1. The molecule has 0 saturated carbocycles. The Labute approximate surface area is 112 Å². The van der Waals surface area contributed by atoms with Crippen molar-refractivity contribution in [3.05, 3.63) is 60.7 Å². The quantitative estimate of drug-likeness (QED) is 0.655. The van der Waals surface area contributed by atoms with E-state index in [2.05, 4.69) is 5.32 Å². The van der Waals surface area contributed by atoms with Crippen LogP contribution in [0.2, 0.25) is 0 Å². The fourth-order valence-electron chi connectivity index (χ4n) is 1.68. The summed E-state index contributed by atoms with van der Waals surface area (Å²) in [6.07, 6.45) is 0. The van der Waals surface area contributed by atoms with Gasteiger partial charge >= 0.3 is 0 Å². The summed E-state index contributed by atoms with van der Waals surface area (Å²) in [6.45, 7) is -0.186. The molecule has 0 fully saturated rings. The minimum atomic E-state index is -0.186. The zero-order valence-corrected chi connectivity index (χ0v) is 10.6. The van der Waals surface area contributed by atoms with Crippen molar-refractivity contribution >= 4 is 28.7 Å². The Kier molecular flexibility index (Phi) is 4.28. The third-order valence-electron chi connectivity index (χ3n) is 2.46. The van der Waals surface area contributed by atoms with E-state index in [0.717, 1.165) is 11.4 Å². The first-order valence-electron chi connectivity index (χ1n) is 5.62. The van der Waals surface area contributed by atoms with Crippen molar-refractivity contribution < 1.29 is 5.11 Å². The first kappa shape index (κ1) is 12.5. The molecule has 2 aromatic carbocycles. The first-order valence-corrected chi connectivity index (χ1v) is 6.02. The summed E-state index contributed by atoms with van der Waals surface area (Å²) in [5, 5.41) is 12.2. The normalized spacial score (nSPS) is 9.83. The molecule has 0 radical (unpaired) electrons. The third kappa shape index (κ3) is 2.85. The van der Waals surface area contributed by atoms with Crippen molar-refractivity contribution in [3.63, 3.8) is 0 Å². The molecule has 0 unspecified atom stereocenters. The van der Waals surface area contributed by atoms with E-state index in [1.54, 1.807) is 0 Å². The van der Waals surface area contributed by atoms with Crippen molar-refractivity contribution in [3.8, 4) is 0 Å². The van der Waals surface area contributed by atoms with Gasteiger partial charge in [0, 0.05) is 11.4 Å². The molecule has 0 aromatic heterocycles. The number of thiocarbonyl (C=S) groups is 1. The Bertz CT molecular complexity index is 462. The van der Waals surface area contributed by atoms with Crippen LogP contribution in [0.15, 0.2) is 60.7 Å². The van der Waals surface area contributed by atoms with Crippen LogP contribution in [0.3, 0.4) is 0 Å². The van der Waals surface area contributed by atoms with Gasteiger partial charge in [0.2, 0.25) is 0 Å². The van der Waals surface area contributed by atoms with Gasteiger partial charge in [-0.1, -0.05) is 36.4 Å². The van der Waals surface area contributed by atoms with Crippen LogP contribution in [0.5, 0.6) is 0 Å². The lowest BCUT2D eigenvalue weighted by Crippen LogP contribution is -2.37. The third-order valence-corrected chi connectivity index (χ3v) is 2.79. The van der Waals surface area contributed by atoms with Crippen LogP contribution < -0.4 is 10.2 Å². The molecule has 0 heterocycles. The van der Waals surface area contributed by atoms with Gasteiger partial charge in [-0.3, -0.25) is 4.90 Å². The largest absolute Gasteiger partial charge is 0.377 e. The van der Waals surface area contributed by atoms with Gasteiger partial charge in [-0.25, -0.2) is 0 Å². The Morgan fingerprint density at radius 1 is 0.944 bits per heavy atom. The molecule has 2 rings (SSSR count). The lowest BCUT2D eigenvalue weighted by molar-refractivity contribution is 0.286. The fourth-order valence-corrected chi connectivity index (χ4v) is 1.96. The molecule has 4 heteroatoms. The number of benzene rings is 2. The molecule has 3 nitrogen and oxygen atoms in total. The summed E-state index contributed by atoms with van der Waals surface area (Å²) in [5.74, 6) is 0. The van der Waals surface area contributed by atoms with Gasteiger partial charge < -0.3 is 10.4 Å². The molecule has 0 amide bonds. The summed E-state index contributed by atoms with van der Waals surface area (Å²) in [6, 6.07) is 19.6. The van der Waals surface area contributed by atoms with E-state index in [4.69, 9.17) is 17.3 Å². The lowest BCUT2D eigenvalue weighted by Gasteiger charge is -2.25. The maximum Gasteiger partial charge on any atom is 0.179 e. The minimum Gasteiger partial charge on any atom is -0.377 e. The summed E-state index contributed by atoms with van der Waals surface area (Å²) in [4.78, 5) is 1.88.